The predicted molar refractivity (Wildman–Crippen MR) is 99.0 cm³/mol. The quantitative estimate of drug-likeness (QED) is 0.753. The number of hydrogen-bond acceptors (Lipinski definition) is 4. The SMILES string of the molecule is Cc1cccc(O[C@H](C)C(=O)Nc2nc3c(C)cc(C)cc3s2)c1. The summed E-state index contributed by atoms with van der Waals surface area (Å²) >= 11 is 1.48. The minimum Gasteiger partial charge on any atom is -0.481 e. The van der Waals surface area contributed by atoms with Crippen LogP contribution >= 0.6 is 11.3 Å². The first-order valence-corrected chi connectivity index (χ1v) is 8.66. The average Bonchev–Trinajstić information content (AvgIpc) is 2.89. The highest BCUT2D eigenvalue weighted by Crippen LogP contribution is 2.29. The Balaban J connectivity index is 1.73. The third-order valence-electron chi connectivity index (χ3n) is 3.73. The largest absolute Gasteiger partial charge is 0.481 e. The molecule has 1 N–H and O–H groups in total. The summed E-state index contributed by atoms with van der Waals surface area (Å²) < 4.78 is 6.79. The van der Waals surface area contributed by atoms with Gasteiger partial charge in [-0.05, 0) is 62.6 Å². The van der Waals surface area contributed by atoms with Gasteiger partial charge in [0.2, 0.25) is 0 Å². The maximum atomic E-state index is 12.4. The Kier molecular flexibility index (Phi) is 4.53. The molecule has 24 heavy (non-hydrogen) atoms. The van der Waals surface area contributed by atoms with Crippen molar-refractivity contribution in [3.63, 3.8) is 0 Å². The van der Waals surface area contributed by atoms with Gasteiger partial charge in [-0.25, -0.2) is 4.98 Å². The second-order valence-electron chi connectivity index (χ2n) is 6.01. The lowest BCUT2D eigenvalue weighted by Crippen LogP contribution is -2.30. The molecule has 0 aliphatic heterocycles. The molecule has 1 atom stereocenters. The first-order valence-electron chi connectivity index (χ1n) is 7.84. The lowest BCUT2D eigenvalue weighted by atomic mass is 10.1. The van der Waals surface area contributed by atoms with Crippen LogP contribution in [0.25, 0.3) is 10.2 Å². The average molecular weight is 340 g/mol. The highest BCUT2D eigenvalue weighted by Gasteiger charge is 2.17. The van der Waals surface area contributed by atoms with E-state index in [2.05, 4.69) is 29.4 Å². The number of ether oxygens (including phenoxy) is 1. The highest BCUT2D eigenvalue weighted by atomic mass is 32.1. The second kappa shape index (κ2) is 6.61. The van der Waals surface area contributed by atoms with Gasteiger partial charge in [0.1, 0.15) is 5.75 Å². The number of hydrogen-bond donors (Lipinski definition) is 1. The number of nitrogens with one attached hydrogen (secondary N) is 1. The van der Waals surface area contributed by atoms with E-state index in [0.717, 1.165) is 21.3 Å². The molecule has 5 heteroatoms. The summed E-state index contributed by atoms with van der Waals surface area (Å²) in [6.07, 6.45) is -0.596. The zero-order valence-corrected chi connectivity index (χ0v) is 15.0. The van der Waals surface area contributed by atoms with Crippen LogP contribution in [0.2, 0.25) is 0 Å². The monoisotopic (exact) mass is 340 g/mol. The fourth-order valence-electron chi connectivity index (χ4n) is 2.58. The Morgan fingerprint density at radius 1 is 1.17 bits per heavy atom. The molecule has 2 aromatic carbocycles. The van der Waals surface area contributed by atoms with Gasteiger partial charge in [-0.2, -0.15) is 0 Å². The van der Waals surface area contributed by atoms with Crippen LogP contribution in [-0.4, -0.2) is 17.0 Å². The topological polar surface area (TPSA) is 51.2 Å². The van der Waals surface area contributed by atoms with Crippen molar-refractivity contribution < 1.29 is 9.53 Å². The van der Waals surface area contributed by atoms with Crippen molar-refractivity contribution in [2.75, 3.05) is 5.32 Å². The van der Waals surface area contributed by atoms with E-state index in [0.29, 0.717) is 10.9 Å². The zero-order chi connectivity index (χ0) is 17.3. The Morgan fingerprint density at radius 2 is 1.96 bits per heavy atom. The summed E-state index contributed by atoms with van der Waals surface area (Å²) in [5.41, 5.74) is 4.34. The number of carbonyl (C=O) groups is 1. The van der Waals surface area contributed by atoms with Crippen LogP contribution in [-0.2, 0) is 4.79 Å². The Labute approximate surface area is 145 Å². The van der Waals surface area contributed by atoms with Gasteiger partial charge in [0, 0.05) is 0 Å². The van der Waals surface area contributed by atoms with Gasteiger partial charge < -0.3 is 4.74 Å². The number of nitrogens with zero attached hydrogens (tertiary/aromatic N) is 1. The van der Waals surface area contributed by atoms with E-state index in [4.69, 9.17) is 4.74 Å². The van der Waals surface area contributed by atoms with Crippen molar-refractivity contribution in [2.45, 2.75) is 33.8 Å². The molecule has 0 unspecified atom stereocenters. The Bertz CT molecular complexity index is 902. The number of amides is 1. The Morgan fingerprint density at radius 3 is 2.71 bits per heavy atom. The van der Waals surface area contributed by atoms with Crippen LogP contribution in [0.4, 0.5) is 5.13 Å². The molecule has 0 saturated heterocycles. The van der Waals surface area contributed by atoms with Gasteiger partial charge in [0.05, 0.1) is 10.2 Å². The molecule has 0 bridgehead atoms. The van der Waals surface area contributed by atoms with Gasteiger partial charge >= 0.3 is 0 Å². The highest BCUT2D eigenvalue weighted by molar-refractivity contribution is 7.22. The molecule has 124 valence electrons. The maximum absolute atomic E-state index is 12.4. The molecule has 3 aromatic rings. The van der Waals surface area contributed by atoms with Crippen molar-refractivity contribution in [1.82, 2.24) is 4.98 Å². The molecule has 0 fully saturated rings. The minimum atomic E-state index is -0.596. The lowest BCUT2D eigenvalue weighted by Gasteiger charge is -2.13. The van der Waals surface area contributed by atoms with Crippen molar-refractivity contribution in [3.8, 4) is 5.75 Å². The number of thiazole rings is 1. The molecule has 3 rings (SSSR count). The molecule has 4 nitrogen and oxygen atoms in total. The minimum absolute atomic E-state index is 0.204. The van der Waals surface area contributed by atoms with Crippen LogP contribution in [0, 0.1) is 20.8 Å². The smallest absolute Gasteiger partial charge is 0.266 e. The number of anilines is 1. The Hall–Kier alpha value is -2.40. The third kappa shape index (κ3) is 3.57. The first-order chi connectivity index (χ1) is 11.4. The van der Waals surface area contributed by atoms with Crippen LogP contribution in [0.15, 0.2) is 36.4 Å². The summed E-state index contributed by atoms with van der Waals surface area (Å²) in [4.78, 5) is 16.9. The second-order valence-corrected chi connectivity index (χ2v) is 7.04. The zero-order valence-electron chi connectivity index (χ0n) is 14.2. The van der Waals surface area contributed by atoms with E-state index in [1.807, 2.05) is 38.1 Å². The van der Waals surface area contributed by atoms with Gasteiger partial charge in [-0.3, -0.25) is 10.1 Å². The van der Waals surface area contributed by atoms with Gasteiger partial charge in [0.25, 0.3) is 5.91 Å². The van der Waals surface area contributed by atoms with Gasteiger partial charge in [0.15, 0.2) is 11.2 Å². The number of aryl methyl sites for hydroxylation is 3. The van der Waals surface area contributed by atoms with E-state index in [9.17, 15) is 4.79 Å². The van der Waals surface area contributed by atoms with Crippen LogP contribution in [0.1, 0.15) is 23.6 Å². The van der Waals surface area contributed by atoms with Crippen LogP contribution in [0.5, 0.6) is 5.75 Å². The molecule has 0 radical (unpaired) electrons. The van der Waals surface area contributed by atoms with E-state index in [1.165, 1.54) is 16.9 Å². The maximum Gasteiger partial charge on any atom is 0.266 e. The van der Waals surface area contributed by atoms with Crippen molar-refractivity contribution in [2.24, 2.45) is 0 Å². The lowest BCUT2D eigenvalue weighted by molar-refractivity contribution is -0.122. The number of benzene rings is 2. The summed E-state index contributed by atoms with van der Waals surface area (Å²) in [5.74, 6) is 0.485. The molecule has 0 spiro atoms. The van der Waals surface area contributed by atoms with Crippen LogP contribution < -0.4 is 10.1 Å². The van der Waals surface area contributed by atoms with Crippen molar-refractivity contribution in [1.29, 1.82) is 0 Å². The summed E-state index contributed by atoms with van der Waals surface area (Å²) in [6.45, 7) is 7.82. The molecule has 0 aliphatic rings. The van der Waals surface area contributed by atoms with Crippen molar-refractivity contribution in [3.05, 3.63) is 53.1 Å². The number of aromatic nitrogens is 1. The number of fused-ring (bicyclic) bond motifs is 1. The fraction of sp³-hybridized carbons (Fsp3) is 0.263. The number of rotatable bonds is 4. The van der Waals surface area contributed by atoms with E-state index >= 15 is 0 Å². The number of carbonyl (C=O) groups excluding carboxylic acids is 1. The standard InChI is InChI=1S/C19H20N2O2S/c1-11-6-5-7-15(9-11)23-14(4)18(22)21-19-20-17-13(3)8-12(2)10-16(17)24-19/h5-10,14H,1-4H3,(H,20,21,22)/t14-/m1/s1. The summed E-state index contributed by atoms with van der Waals surface area (Å²) in [7, 11) is 0. The molecule has 0 saturated carbocycles. The van der Waals surface area contributed by atoms with E-state index in [1.54, 1.807) is 6.92 Å². The summed E-state index contributed by atoms with van der Waals surface area (Å²) in [5, 5.41) is 3.46. The first kappa shape index (κ1) is 16.5. The molecular weight excluding hydrogens is 320 g/mol. The van der Waals surface area contributed by atoms with Gasteiger partial charge in [-0.15, -0.1) is 0 Å². The van der Waals surface area contributed by atoms with Gasteiger partial charge in [-0.1, -0.05) is 29.5 Å². The molecule has 1 aromatic heterocycles. The van der Waals surface area contributed by atoms with Crippen LogP contribution in [0.3, 0.4) is 0 Å². The molecule has 0 aliphatic carbocycles. The van der Waals surface area contributed by atoms with E-state index < -0.39 is 6.10 Å². The molecule has 1 amide bonds. The van der Waals surface area contributed by atoms with E-state index in [-0.39, 0.29) is 5.91 Å². The molecule has 1 heterocycles. The molecular formula is C19H20N2O2S. The normalized spacial score (nSPS) is 12.2. The van der Waals surface area contributed by atoms with Crippen molar-refractivity contribution >= 4 is 32.6 Å². The summed E-state index contributed by atoms with van der Waals surface area (Å²) in [6, 6.07) is 11.8. The third-order valence-corrected chi connectivity index (χ3v) is 4.65. The fourth-order valence-corrected chi connectivity index (χ4v) is 3.62. The predicted octanol–water partition coefficient (Wildman–Crippen LogP) is 4.63.